The first-order valence-corrected chi connectivity index (χ1v) is 11.0. The Kier molecular flexibility index (Phi) is 8.58. The maximum Gasteiger partial charge on any atom is 0.251 e. The molecule has 1 N–H and O–H groups in total. The molecule has 1 aliphatic heterocycles. The molecule has 2 atom stereocenters. The van der Waals surface area contributed by atoms with Crippen LogP contribution in [0.25, 0.3) is 0 Å². The summed E-state index contributed by atoms with van der Waals surface area (Å²) in [7, 11) is 1.57. The molecule has 1 heterocycles. The lowest BCUT2D eigenvalue weighted by Gasteiger charge is -2.35. The Morgan fingerprint density at radius 2 is 1.84 bits per heavy atom. The third-order valence-corrected chi connectivity index (χ3v) is 5.42. The fourth-order valence-electron chi connectivity index (χ4n) is 3.74. The van der Waals surface area contributed by atoms with Gasteiger partial charge >= 0.3 is 0 Å². The zero-order chi connectivity index (χ0) is 22.2. The van der Waals surface area contributed by atoms with Crippen LogP contribution in [0.4, 0.5) is 0 Å². The molecule has 0 radical (unpaired) electrons. The Bertz CT molecular complexity index is 849. The quantitative estimate of drug-likeness (QED) is 0.586. The van der Waals surface area contributed by atoms with Crippen molar-refractivity contribution in [3.8, 4) is 11.5 Å². The number of nitrogens with zero attached hydrogens (tertiary/aromatic N) is 1. The van der Waals surface area contributed by atoms with Crippen LogP contribution in [0.15, 0.2) is 42.5 Å². The molecule has 7 heteroatoms. The molecule has 0 aromatic heterocycles. The summed E-state index contributed by atoms with van der Waals surface area (Å²) in [6.07, 6.45) is 1.40. The fraction of sp³-hybridized carbons (Fsp3) is 0.458. The van der Waals surface area contributed by atoms with Gasteiger partial charge in [0.25, 0.3) is 5.91 Å². The van der Waals surface area contributed by atoms with Crippen LogP contribution in [0.5, 0.6) is 11.5 Å². The van der Waals surface area contributed by atoms with Crippen LogP contribution in [0, 0.1) is 0 Å². The zero-order valence-electron chi connectivity index (χ0n) is 18.4. The summed E-state index contributed by atoms with van der Waals surface area (Å²) in [4.78, 5) is 14.9. The van der Waals surface area contributed by atoms with E-state index in [9.17, 15) is 4.79 Å². The molecule has 0 aliphatic carbocycles. The SMILES string of the molecule is COc1cc(C(=O)NCCCN2C[C@@H](C)O[C@H](C)C2)ccc1OCc1ccc(Cl)cc1. The topological polar surface area (TPSA) is 60.0 Å². The minimum Gasteiger partial charge on any atom is -0.493 e. The highest BCUT2D eigenvalue weighted by Gasteiger charge is 2.21. The average molecular weight is 447 g/mol. The van der Waals surface area contributed by atoms with E-state index in [1.807, 2.05) is 24.3 Å². The number of carbonyl (C=O) groups excluding carboxylic acids is 1. The van der Waals surface area contributed by atoms with Crippen LogP contribution in [0.1, 0.15) is 36.2 Å². The molecular formula is C24H31ClN2O4. The Morgan fingerprint density at radius 3 is 2.52 bits per heavy atom. The third-order valence-electron chi connectivity index (χ3n) is 5.17. The minimum absolute atomic E-state index is 0.119. The largest absolute Gasteiger partial charge is 0.493 e. The van der Waals surface area contributed by atoms with Crippen molar-refractivity contribution in [1.82, 2.24) is 10.2 Å². The molecule has 2 aromatic carbocycles. The number of amides is 1. The van der Waals surface area contributed by atoms with Gasteiger partial charge in [0.05, 0.1) is 19.3 Å². The van der Waals surface area contributed by atoms with Gasteiger partial charge in [-0.2, -0.15) is 0 Å². The first-order valence-electron chi connectivity index (χ1n) is 10.7. The first-order chi connectivity index (χ1) is 14.9. The monoisotopic (exact) mass is 446 g/mol. The predicted octanol–water partition coefficient (Wildman–Crippen LogP) is 4.16. The van der Waals surface area contributed by atoms with E-state index in [0.717, 1.165) is 31.6 Å². The highest BCUT2D eigenvalue weighted by Crippen LogP contribution is 2.29. The Labute approximate surface area is 189 Å². The van der Waals surface area contributed by atoms with Crippen LogP contribution in [-0.4, -0.2) is 56.3 Å². The predicted molar refractivity (Wildman–Crippen MR) is 122 cm³/mol. The minimum atomic E-state index is -0.119. The van der Waals surface area contributed by atoms with Gasteiger partial charge in [-0.25, -0.2) is 0 Å². The summed E-state index contributed by atoms with van der Waals surface area (Å²) in [6, 6.07) is 12.7. The van der Waals surface area contributed by atoms with Gasteiger partial charge in [-0.15, -0.1) is 0 Å². The highest BCUT2D eigenvalue weighted by molar-refractivity contribution is 6.30. The molecular weight excluding hydrogens is 416 g/mol. The number of morpholine rings is 1. The van der Waals surface area contributed by atoms with Crippen molar-refractivity contribution in [3.05, 3.63) is 58.6 Å². The molecule has 2 aromatic rings. The van der Waals surface area contributed by atoms with E-state index < -0.39 is 0 Å². The van der Waals surface area contributed by atoms with Gasteiger partial charge in [0.1, 0.15) is 6.61 Å². The maximum atomic E-state index is 12.5. The van der Waals surface area contributed by atoms with Gasteiger partial charge < -0.3 is 19.5 Å². The van der Waals surface area contributed by atoms with Crippen molar-refractivity contribution < 1.29 is 19.0 Å². The summed E-state index contributed by atoms with van der Waals surface area (Å²) >= 11 is 5.91. The van der Waals surface area contributed by atoms with Crippen molar-refractivity contribution in [3.63, 3.8) is 0 Å². The van der Waals surface area contributed by atoms with E-state index in [-0.39, 0.29) is 18.1 Å². The van der Waals surface area contributed by atoms with Crippen LogP contribution < -0.4 is 14.8 Å². The summed E-state index contributed by atoms with van der Waals surface area (Å²) in [6.45, 7) is 8.02. The molecule has 31 heavy (non-hydrogen) atoms. The van der Waals surface area contributed by atoms with Gasteiger partial charge in [0, 0.05) is 36.8 Å². The molecule has 0 spiro atoms. The van der Waals surface area contributed by atoms with E-state index in [1.54, 1.807) is 25.3 Å². The van der Waals surface area contributed by atoms with Crippen molar-refractivity contribution in [2.75, 3.05) is 33.3 Å². The first kappa shape index (κ1) is 23.4. The molecule has 6 nitrogen and oxygen atoms in total. The van der Waals surface area contributed by atoms with Crippen molar-refractivity contribution >= 4 is 17.5 Å². The number of hydrogen-bond donors (Lipinski definition) is 1. The Balaban J connectivity index is 1.47. The number of methoxy groups -OCH3 is 1. The lowest BCUT2D eigenvalue weighted by Crippen LogP contribution is -2.46. The number of halogens is 1. The van der Waals surface area contributed by atoms with E-state index in [0.29, 0.717) is 35.2 Å². The van der Waals surface area contributed by atoms with E-state index in [2.05, 4.69) is 24.1 Å². The summed E-state index contributed by atoms with van der Waals surface area (Å²) in [5.41, 5.74) is 1.54. The second-order valence-electron chi connectivity index (χ2n) is 7.91. The third kappa shape index (κ3) is 7.13. The lowest BCUT2D eigenvalue weighted by atomic mass is 10.1. The van der Waals surface area contributed by atoms with E-state index in [4.69, 9.17) is 25.8 Å². The summed E-state index contributed by atoms with van der Waals surface area (Å²) < 4.78 is 17.0. The summed E-state index contributed by atoms with van der Waals surface area (Å²) in [5, 5.41) is 3.68. The molecule has 0 unspecified atom stereocenters. The van der Waals surface area contributed by atoms with Gasteiger partial charge in [0.2, 0.25) is 0 Å². The number of ether oxygens (including phenoxy) is 3. The molecule has 1 fully saturated rings. The molecule has 1 amide bonds. The number of nitrogens with one attached hydrogen (secondary N) is 1. The molecule has 168 valence electrons. The molecule has 1 saturated heterocycles. The second-order valence-corrected chi connectivity index (χ2v) is 8.34. The smallest absolute Gasteiger partial charge is 0.251 e. The fourth-order valence-corrected chi connectivity index (χ4v) is 3.87. The van der Waals surface area contributed by atoms with Crippen molar-refractivity contribution in [2.45, 2.75) is 39.1 Å². The van der Waals surface area contributed by atoms with Gasteiger partial charge in [0.15, 0.2) is 11.5 Å². The summed E-state index contributed by atoms with van der Waals surface area (Å²) in [5.74, 6) is 0.994. The number of hydrogen-bond acceptors (Lipinski definition) is 5. The van der Waals surface area contributed by atoms with Crippen LogP contribution in [-0.2, 0) is 11.3 Å². The molecule has 0 saturated carbocycles. The van der Waals surface area contributed by atoms with Gasteiger partial charge in [-0.3, -0.25) is 9.69 Å². The van der Waals surface area contributed by atoms with Crippen LogP contribution >= 0.6 is 11.6 Å². The van der Waals surface area contributed by atoms with Gasteiger partial charge in [-0.1, -0.05) is 23.7 Å². The maximum absolute atomic E-state index is 12.5. The normalized spacial score (nSPS) is 19.1. The average Bonchev–Trinajstić information content (AvgIpc) is 2.75. The molecule has 3 rings (SSSR count). The van der Waals surface area contributed by atoms with Crippen molar-refractivity contribution in [2.24, 2.45) is 0 Å². The molecule has 0 bridgehead atoms. The number of rotatable bonds is 9. The van der Waals surface area contributed by atoms with Crippen LogP contribution in [0.3, 0.4) is 0 Å². The van der Waals surface area contributed by atoms with E-state index in [1.165, 1.54) is 0 Å². The lowest BCUT2D eigenvalue weighted by molar-refractivity contribution is -0.0679. The standard InChI is InChI=1S/C24H31ClN2O4/c1-17-14-27(15-18(2)31-17)12-4-11-26-24(28)20-7-10-22(23(13-20)29-3)30-16-19-5-8-21(25)9-6-19/h5-10,13,17-18H,4,11-12,14-16H2,1-3H3,(H,26,28)/t17-,18-/m1/s1. The molecule has 1 aliphatic rings. The van der Waals surface area contributed by atoms with Crippen LogP contribution in [0.2, 0.25) is 5.02 Å². The Morgan fingerprint density at radius 1 is 1.13 bits per heavy atom. The Hall–Kier alpha value is -2.28. The number of carbonyl (C=O) groups is 1. The second kappa shape index (κ2) is 11.4. The highest BCUT2D eigenvalue weighted by atomic mass is 35.5. The number of benzene rings is 2. The van der Waals surface area contributed by atoms with E-state index >= 15 is 0 Å². The van der Waals surface area contributed by atoms with Crippen molar-refractivity contribution in [1.29, 1.82) is 0 Å². The zero-order valence-corrected chi connectivity index (χ0v) is 19.2. The van der Waals surface area contributed by atoms with Gasteiger partial charge in [-0.05, 0) is 56.2 Å².